The van der Waals surface area contributed by atoms with Crippen LogP contribution in [0, 0.1) is 5.92 Å². The fraction of sp³-hybridized carbons (Fsp3) is 0.265. The third-order valence-corrected chi connectivity index (χ3v) is 7.81. The molecular weight excluding hydrogens is 574 g/mol. The molecule has 2 heterocycles. The molecule has 0 unspecified atom stereocenters. The lowest BCUT2D eigenvalue weighted by Gasteiger charge is -2.24. The zero-order valence-corrected chi connectivity index (χ0v) is 24.8. The number of fused-ring (bicyclic) bond motifs is 1. The summed E-state index contributed by atoms with van der Waals surface area (Å²) in [6.45, 7) is 0.570. The lowest BCUT2D eigenvalue weighted by Crippen LogP contribution is -2.55. The quantitative estimate of drug-likeness (QED) is 0.147. The van der Waals surface area contributed by atoms with Crippen LogP contribution in [0.25, 0.3) is 10.9 Å². The molecule has 4 aromatic rings. The molecule has 3 atom stereocenters. The Hall–Kier alpha value is -5.45. The number of rotatable bonds is 13. The molecule has 1 fully saturated rings. The minimum absolute atomic E-state index is 0.0506. The van der Waals surface area contributed by atoms with E-state index in [0.29, 0.717) is 24.2 Å². The molecule has 11 heteroatoms. The summed E-state index contributed by atoms with van der Waals surface area (Å²) in [5.74, 6) is -3.08. The minimum Gasteiger partial charge on any atom is -0.497 e. The maximum Gasteiger partial charge on any atom is 0.289 e. The first kappa shape index (κ1) is 31.0. The average molecular weight is 610 g/mol. The maximum absolute atomic E-state index is 13.8. The number of Topliss-reactive ketones (excluding diaryl/α,β-unsaturated/α-hetero) is 1. The first-order chi connectivity index (χ1) is 21.8. The highest BCUT2D eigenvalue weighted by molar-refractivity contribution is 6.38. The number of nitrogens with one attached hydrogen (secondary N) is 5. The zero-order valence-electron chi connectivity index (χ0n) is 24.8. The molecule has 11 nitrogen and oxygen atoms in total. The molecule has 5 N–H and O–H groups in total. The summed E-state index contributed by atoms with van der Waals surface area (Å²) in [5.41, 5.74) is 2.53. The first-order valence-corrected chi connectivity index (χ1v) is 14.8. The second kappa shape index (κ2) is 14.3. The molecule has 1 saturated heterocycles. The molecule has 0 saturated carbocycles. The van der Waals surface area contributed by atoms with Crippen LogP contribution in [-0.4, -0.2) is 60.1 Å². The highest BCUT2D eigenvalue weighted by atomic mass is 16.5. The number of ether oxygens (including phenoxy) is 1. The van der Waals surface area contributed by atoms with Crippen LogP contribution in [0.1, 0.15) is 34.5 Å². The van der Waals surface area contributed by atoms with Crippen molar-refractivity contribution >= 4 is 40.3 Å². The van der Waals surface area contributed by atoms with Gasteiger partial charge in [0.25, 0.3) is 11.8 Å². The topological polar surface area (TPSA) is 158 Å². The molecule has 232 valence electrons. The number of carbonyl (C=O) groups excluding carboxylic acids is 5. The van der Waals surface area contributed by atoms with Gasteiger partial charge in [0.05, 0.1) is 13.2 Å². The predicted molar refractivity (Wildman–Crippen MR) is 167 cm³/mol. The molecule has 0 radical (unpaired) electrons. The Morgan fingerprint density at radius 1 is 0.889 bits per heavy atom. The van der Waals surface area contributed by atoms with E-state index in [4.69, 9.17) is 4.74 Å². The molecular formula is C34H35N5O6. The Morgan fingerprint density at radius 2 is 1.60 bits per heavy atom. The molecule has 5 rings (SSSR count). The van der Waals surface area contributed by atoms with Gasteiger partial charge in [-0.25, -0.2) is 0 Å². The van der Waals surface area contributed by atoms with E-state index >= 15 is 0 Å². The van der Waals surface area contributed by atoms with E-state index in [1.54, 1.807) is 31.4 Å². The van der Waals surface area contributed by atoms with Crippen molar-refractivity contribution in [1.29, 1.82) is 0 Å². The van der Waals surface area contributed by atoms with E-state index in [0.717, 1.165) is 16.5 Å². The summed E-state index contributed by atoms with van der Waals surface area (Å²) < 4.78 is 5.27. The van der Waals surface area contributed by atoms with Gasteiger partial charge in [-0.15, -0.1) is 0 Å². The van der Waals surface area contributed by atoms with Gasteiger partial charge in [-0.2, -0.15) is 0 Å². The van der Waals surface area contributed by atoms with E-state index < -0.39 is 41.5 Å². The molecule has 3 aromatic carbocycles. The summed E-state index contributed by atoms with van der Waals surface area (Å²) in [6, 6.07) is 22.9. The van der Waals surface area contributed by atoms with E-state index in [2.05, 4.69) is 26.3 Å². The van der Waals surface area contributed by atoms with E-state index in [1.165, 1.54) is 0 Å². The minimum atomic E-state index is -1.28. The third kappa shape index (κ3) is 7.94. The Morgan fingerprint density at radius 3 is 2.27 bits per heavy atom. The Bertz CT molecular complexity index is 1690. The number of aromatic nitrogens is 1. The van der Waals surface area contributed by atoms with Gasteiger partial charge in [-0.1, -0.05) is 60.7 Å². The lowest BCUT2D eigenvalue weighted by atomic mass is 9.94. The highest BCUT2D eigenvalue weighted by Crippen LogP contribution is 2.22. The van der Waals surface area contributed by atoms with Crippen LogP contribution in [0.4, 0.5) is 0 Å². The van der Waals surface area contributed by atoms with E-state index in [-0.39, 0.29) is 31.0 Å². The van der Waals surface area contributed by atoms with Crippen LogP contribution in [-0.2, 0) is 32.1 Å². The summed E-state index contributed by atoms with van der Waals surface area (Å²) in [7, 11) is 1.55. The second-order valence-corrected chi connectivity index (χ2v) is 11.0. The summed E-state index contributed by atoms with van der Waals surface area (Å²) >= 11 is 0. The number of aromatic amines is 1. The van der Waals surface area contributed by atoms with Crippen molar-refractivity contribution in [1.82, 2.24) is 26.3 Å². The Labute approximate surface area is 260 Å². The van der Waals surface area contributed by atoms with Gasteiger partial charge in [0, 0.05) is 36.3 Å². The van der Waals surface area contributed by atoms with Crippen molar-refractivity contribution in [3.8, 4) is 5.75 Å². The Kier molecular flexibility index (Phi) is 9.88. The van der Waals surface area contributed by atoms with Crippen LogP contribution >= 0.6 is 0 Å². The number of carbonyl (C=O) groups is 5. The van der Waals surface area contributed by atoms with E-state index in [1.807, 2.05) is 60.7 Å². The molecule has 0 bridgehead atoms. The maximum atomic E-state index is 13.8. The van der Waals surface area contributed by atoms with Crippen molar-refractivity contribution < 1.29 is 28.7 Å². The number of ketones is 1. The van der Waals surface area contributed by atoms with Crippen molar-refractivity contribution in [3.63, 3.8) is 0 Å². The third-order valence-electron chi connectivity index (χ3n) is 7.81. The van der Waals surface area contributed by atoms with Crippen LogP contribution < -0.4 is 26.0 Å². The fourth-order valence-corrected chi connectivity index (χ4v) is 5.34. The van der Waals surface area contributed by atoms with Crippen LogP contribution in [0.5, 0.6) is 5.75 Å². The van der Waals surface area contributed by atoms with Crippen LogP contribution in [0.15, 0.2) is 84.9 Å². The Balaban J connectivity index is 1.35. The lowest BCUT2D eigenvalue weighted by molar-refractivity contribution is -0.141. The first-order valence-electron chi connectivity index (χ1n) is 14.8. The summed E-state index contributed by atoms with van der Waals surface area (Å²) in [5, 5.41) is 11.6. The van der Waals surface area contributed by atoms with Gasteiger partial charge in [-0.05, 0) is 48.2 Å². The number of benzene rings is 3. The average Bonchev–Trinajstić information content (AvgIpc) is 3.68. The monoisotopic (exact) mass is 609 g/mol. The molecule has 4 amide bonds. The smallest absolute Gasteiger partial charge is 0.289 e. The van der Waals surface area contributed by atoms with Gasteiger partial charge in [-0.3, -0.25) is 24.0 Å². The normalized spacial score (nSPS) is 15.5. The second-order valence-electron chi connectivity index (χ2n) is 11.0. The summed E-state index contributed by atoms with van der Waals surface area (Å²) in [4.78, 5) is 69.0. The predicted octanol–water partition coefficient (Wildman–Crippen LogP) is 2.41. The van der Waals surface area contributed by atoms with Crippen molar-refractivity contribution in [3.05, 3.63) is 102 Å². The zero-order chi connectivity index (χ0) is 31.8. The summed E-state index contributed by atoms with van der Waals surface area (Å²) in [6.07, 6.45) is 0.544. The SMILES string of the molecule is COc1ccc2[nH]c(C(=O)N[C@@H](Cc3ccccc3)C(=O)N[C@@H](C[C@@H]3CCNC3=O)C(=O)C(=O)NCc3ccccc3)cc2c1. The molecule has 0 aliphatic carbocycles. The number of amides is 4. The molecule has 1 aliphatic heterocycles. The van der Waals surface area contributed by atoms with Crippen molar-refractivity contribution in [2.45, 2.75) is 37.9 Å². The fourth-order valence-electron chi connectivity index (χ4n) is 5.34. The molecule has 1 aliphatic rings. The van der Waals surface area contributed by atoms with Gasteiger partial charge in [0.15, 0.2) is 0 Å². The number of hydrogen-bond donors (Lipinski definition) is 5. The van der Waals surface area contributed by atoms with Crippen molar-refractivity contribution in [2.75, 3.05) is 13.7 Å². The van der Waals surface area contributed by atoms with Crippen LogP contribution in [0.3, 0.4) is 0 Å². The van der Waals surface area contributed by atoms with Gasteiger partial charge >= 0.3 is 0 Å². The number of H-pyrrole nitrogens is 1. The highest BCUT2D eigenvalue weighted by Gasteiger charge is 2.35. The molecule has 45 heavy (non-hydrogen) atoms. The number of hydrogen-bond acceptors (Lipinski definition) is 6. The molecule has 1 aromatic heterocycles. The van der Waals surface area contributed by atoms with Crippen LogP contribution in [0.2, 0.25) is 0 Å². The van der Waals surface area contributed by atoms with Crippen molar-refractivity contribution in [2.24, 2.45) is 5.92 Å². The van der Waals surface area contributed by atoms with E-state index in [9.17, 15) is 24.0 Å². The standard InChI is InChI=1S/C34H35N5O6/c1-45-25-12-13-26-24(17-25)19-29(37-26)33(43)39-28(16-21-8-4-2-5-9-21)32(42)38-27(18-23-14-15-35-31(23)41)30(40)34(44)36-20-22-10-6-3-7-11-22/h2-13,17,19,23,27-28,37H,14-16,18,20H2,1H3,(H,35,41)(H,36,44)(H,38,42)(H,39,43)/t23-,27-,28-/m0/s1. The largest absolute Gasteiger partial charge is 0.497 e. The van der Waals surface area contributed by atoms with Gasteiger partial charge in [0.1, 0.15) is 17.5 Å². The van der Waals surface area contributed by atoms with Gasteiger partial charge < -0.3 is 31.0 Å². The number of methoxy groups -OCH3 is 1. The van der Waals surface area contributed by atoms with Gasteiger partial charge in [0.2, 0.25) is 17.6 Å². The molecule has 0 spiro atoms.